The summed E-state index contributed by atoms with van der Waals surface area (Å²) in [6, 6.07) is 6.36. The van der Waals surface area contributed by atoms with Crippen molar-refractivity contribution in [2.75, 3.05) is 19.1 Å². The van der Waals surface area contributed by atoms with E-state index in [0.29, 0.717) is 17.2 Å². The molecule has 1 atom stereocenters. The molecule has 2 heterocycles. The lowest BCUT2D eigenvalue weighted by atomic mass is 9.94. The summed E-state index contributed by atoms with van der Waals surface area (Å²) < 4.78 is 10.7. The average Bonchev–Trinajstić information content (AvgIpc) is 3.21. The molecule has 1 N–H and O–H groups in total. The van der Waals surface area contributed by atoms with E-state index in [1.807, 2.05) is 32.2 Å². The summed E-state index contributed by atoms with van der Waals surface area (Å²) in [5, 5.41) is 12.6. The molecule has 154 valence electrons. The number of ketones is 1. The van der Waals surface area contributed by atoms with Crippen LogP contribution in [0.15, 0.2) is 41.0 Å². The van der Waals surface area contributed by atoms with Crippen LogP contribution in [0.25, 0.3) is 0 Å². The van der Waals surface area contributed by atoms with Crippen molar-refractivity contribution in [3.05, 3.63) is 51.4 Å². The zero-order chi connectivity index (χ0) is 21.3. The first-order valence-electron chi connectivity index (χ1n) is 9.36. The van der Waals surface area contributed by atoms with Gasteiger partial charge in [-0.05, 0) is 42.0 Å². The van der Waals surface area contributed by atoms with Crippen molar-refractivity contribution < 1.29 is 24.2 Å². The van der Waals surface area contributed by atoms with Gasteiger partial charge >= 0.3 is 0 Å². The van der Waals surface area contributed by atoms with Gasteiger partial charge in [-0.3, -0.25) is 14.5 Å². The van der Waals surface area contributed by atoms with Gasteiger partial charge < -0.3 is 14.6 Å². The third-order valence-corrected chi connectivity index (χ3v) is 5.97. The number of rotatable bonds is 7. The van der Waals surface area contributed by atoms with E-state index in [-0.39, 0.29) is 23.7 Å². The van der Waals surface area contributed by atoms with Gasteiger partial charge in [0.15, 0.2) is 23.0 Å². The topological polar surface area (TPSA) is 76.1 Å². The predicted octanol–water partition coefficient (Wildman–Crippen LogP) is 4.59. The number of hydrogen-bond donors (Lipinski definition) is 1. The highest BCUT2D eigenvalue weighted by atomic mass is 32.1. The summed E-state index contributed by atoms with van der Waals surface area (Å²) in [6.45, 7) is 5.80. The van der Waals surface area contributed by atoms with Gasteiger partial charge in [-0.25, -0.2) is 0 Å². The van der Waals surface area contributed by atoms with Gasteiger partial charge in [0, 0.05) is 23.1 Å². The lowest BCUT2D eigenvalue weighted by Gasteiger charge is -2.27. The fraction of sp³-hybridized carbons (Fsp3) is 0.364. The van der Waals surface area contributed by atoms with Crippen molar-refractivity contribution in [1.82, 2.24) is 0 Å². The zero-order valence-electron chi connectivity index (χ0n) is 17.2. The number of nitrogens with zero attached hydrogens (tertiary/aromatic N) is 1. The Hall–Kier alpha value is -2.80. The smallest absolute Gasteiger partial charge is 0.294 e. The van der Waals surface area contributed by atoms with E-state index >= 15 is 0 Å². The van der Waals surface area contributed by atoms with E-state index in [1.54, 1.807) is 18.2 Å². The molecule has 1 aromatic heterocycles. The molecule has 6 nitrogen and oxygen atoms in total. The molecule has 0 spiro atoms. The number of aryl methyl sites for hydroxylation is 1. The van der Waals surface area contributed by atoms with Crippen LogP contribution < -0.4 is 14.4 Å². The van der Waals surface area contributed by atoms with Crippen LogP contribution in [0, 0.1) is 12.8 Å². The lowest BCUT2D eigenvalue weighted by Crippen LogP contribution is -2.31. The fourth-order valence-electron chi connectivity index (χ4n) is 3.52. The highest BCUT2D eigenvalue weighted by Crippen LogP contribution is 2.45. The molecule has 1 aromatic carbocycles. The molecule has 0 saturated carbocycles. The molecule has 2 aromatic rings. The number of benzene rings is 1. The summed E-state index contributed by atoms with van der Waals surface area (Å²) >= 11 is 1.46. The number of carbonyl (C=O) groups excluding carboxylic acids is 2. The first-order valence-corrected chi connectivity index (χ1v) is 10.2. The first kappa shape index (κ1) is 20.9. The van der Waals surface area contributed by atoms with Crippen LogP contribution in [0.3, 0.4) is 0 Å². The average molecular weight is 416 g/mol. The van der Waals surface area contributed by atoms with Gasteiger partial charge in [-0.1, -0.05) is 13.8 Å². The zero-order valence-corrected chi connectivity index (χ0v) is 18.0. The van der Waals surface area contributed by atoms with Crippen molar-refractivity contribution in [2.45, 2.75) is 33.2 Å². The number of ether oxygens (including phenoxy) is 2. The number of aliphatic hydroxyl groups is 1. The lowest BCUT2D eigenvalue weighted by molar-refractivity contribution is -0.118. The van der Waals surface area contributed by atoms with Crippen LogP contribution in [0.1, 0.15) is 36.8 Å². The molecule has 1 aliphatic heterocycles. The van der Waals surface area contributed by atoms with E-state index in [1.165, 1.54) is 30.5 Å². The Morgan fingerprint density at radius 2 is 1.90 bits per heavy atom. The standard InChI is InChI=1S/C22H25NO5S/c1-12(2)10-15(24)18-19(21-13(3)8-9-29-21)23(22(26)20(18)25)14-6-7-16(27-4)17(11-14)28-5/h6-9,11-12,19,25H,10H2,1-5H3. The second-order valence-corrected chi connectivity index (χ2v) is 8.32. The van der Waals surface area contributed by atoms with Crippen LogP contribution in [-0.2, 0) is 9.59 Å². The van der Waals surface area contributed by atoms with Crippen LogP contribution in [0.4, 0.5) is 5.69 Å². The molecule has 0 saturated heterocycles. The number of hydrogen-bond acceptors (Lipinski definition) is 6. The minimum Gasteiger partial charge on any atom is -0.503 e. The predicted molar refractivity (Wildman–Crippen MR) is 113 cm³/mol. The number of anilines is 1. The van der Waals surface area contributed by atoms with Gasteiger partial charge in [0.25, 0.3) is 5.91 Å². The summed E-state index contributed by atoms with van der Waals surface area (Å²) in [5.74, 6) is -0.198. The summed E-state index contributed by atoms with van der Waals surface area (Å²) in [5.41, 5.74) is 1.64. The van der Waals surface area contributed by atoms with Crippen molar-refractivity contribution in [1.29, 1.82) is 0 Å². The normalized spacial score (nSPS) is 16.7. The Morgan fingerprint density at radius 1 is 1.21 bits per heavy atom. The third-order valence-electron chi connectivity index (χ3n) is 4.90. The first-order chi connectivity index (χ1) is 13.8. The molecule has 0 radical (unpaired) electrons. The molecule has 3 rings (SSSR count). The molecular weight excluding hydrogens is 390 g/mol. The molecule has 7 heteroatoms. The second kappa shape index (κ2) is 8.29. The van der Waals surface area contributed by atoms with Gasteiger partial charge in [-0.15, -0.1) is 11.3 Å². The van der Waals surface area contributed by atoms with E-state index in [0.717, 1.165) is 10.4 Å². The van der Waals surface area contributed by atoms with Crippen molar-refractivity contribution in [2.24, 2.45) is 5.92 Å². The number of amides is 1. The maximum absolute atomic E-state index is 13.1. The molecule has 29 heavy (non-hydrogen) atoms. The Labute approximate surface area is 174 Å². The molecule has 0 aliphatic carbocycles. The summed E-state index contributed by atoms with van der Waals surface area (Å²) in [4.78, 5) is 28.4. The fourth-order valence-corrected chi connectivity index (χ4v) is 4.55. The molecule has 0 bridgehead atoms. The van der Waals surface area contributed by atoms with Gasteiger partial charge in [-0.2, -0.15) is 0 Å². The number of aliphatic hydroxyl groups excluding tert-OH is 1. The van der Waals surface area contributed by atoms with E-state index in [2.05, 4.69) is 0 Å². The molecule has 0 fully saturated rings. The van der Waals surface area contributed by atoms with Crippen LogP contribution >= 0.6 is 11.3 Å². The maximum Gasteiger partial charge on any atom is 0.294 e. The molecular formula is C22H25NO5S. The van der Waals surface area contributed by atoms with E-state index in [4.69, 9.17) is 9.47 Å². The highest BCUT2D eigenvalue weighted by Gasteiger charge is 2.45. The molecule has 1 aliphatic rings. The highest BCUT2D eigenvalue weighted by molar-refractivity contribution is 7.10. The van der Waals surface area contributed by atoms with Crippen LogP contribution in [0.2, 0.25) is 0 Å². The summed E-state index contributed by atoms with van der Waals surface area (Å²) in [6.07, 6.45) is 0.257. The minimum atomic E-state index is -0.674. The Balaban J connectivity index is 2.16. The van der Waals surface area contributed by atoms with Crippen LogP contribution in [-0.4, -0.2) is 31.0 Å². The van der Waals surface area contributed by atoms with Crippen molar-refractivity contribution in [3.63, 3.8) is 0 Å². The van der Waals surface area contributed by atoms with Gasteiger partial charge in [0.1, 0.15) is 6.04 Å². The van der Waals surface area contributed by atoms with Crippen LogP contribution in [0.5, 0.6) is 11.5 Å². The quantitative estimate of drug-likeness (QED) is 0.716. The minimum absolute atomic E-state index is 0.109. The maximum atomic E-state index is 13.1. The Kier molecular flexibility index (Phi) is 5.98. The Bertz CT molecular complexity index is 975. The summed E-state index contributed by atoms with van der Waals surface area (Å²) in [7, 11) is 3.05. The number of methoxy groups -OCH3 is 2. The SMILES string of the molecule is COc1ccc(N2C(=O)C(O)=C(C(=O)CC(C)C)C2c2sccc2C)cc1OC. The number of Topliss-reactive ketones (excluding diaryl/α,β-unsaturated/α-hetero) is 1. The largest absolute Gasteiger partial charge is 0.503 e. The van der Waals surface area contributed by atoms with E-state index < -0.39 is 17.7 Å². The molecule has 1 amide bonds. The Morgan fingerprint density at radius 3 is 2.45 bits per heavy atom. The second-order valence-electron chi connectivity index (χ2n) is 7.37. The number of thiophene rings is 1. The van der Waals surface area contributed by atoms with Gasteiger partial charge in [0.2, 0.25) is 0 Å². The third kappa shape index (κ3) is 3.74. The monoisotopic (exact) mass is 415 g/mol. The van der Waals surface area contributed by atoms with Crippen molar-refractivity contribution >= 4 is 28.7 Å². The van der Waals surface area contributed by atoms with Crippen molar-refractivity contribution in [3.8, 4) is 11.5 Å². The van der Waals surface area contributed by atoms with E-state index in [9.17, 15) is 14.7 Å². The molecule has 1 unspecified atom stereocenters. The number of carbonyl (C=O) groups is 2. The van der Waals surface area contributed by atoms with Gasteiger partial charge in [0.05, 0.1) is 19.8 Å².